The second-order valence-electron chi connectivity index (χ2n) is 8.64. The molecule has 2 aromatic rings. The Bertz CT molecular complexity index is 989. The van der Waals surface area contributed by atoms with E-state index in [-0.39, 0.29) is 23.9 Å². The Morgan fingerprint density at radius 2 is 1.97 bits per heavy atom. The molecule has 2 N–H and O–H groups in total. The lowest BCUT2D eigenvalue weighted by Gasteiger charge is -2.44. The van der Waals surface area contributed by atoms with Gasteiger partial charge in [-0.25, -0.2) is 4.98 Å². The molecule has 156 valence electrons. The lowest BCUT2D eigenvalue weighted by Crippen LogP contribution is -2.53. The molecule has 2 atom stereocenters. The Hall–Kier alpha value is -2.60. The topological polar surface area (TPSA) is 79.5 Å². The number of hydrogen-bond donors (Lipinski definition) is 1. The van der Waals surface area contributed by atoms with Crippen molar-refractivity contribution in [3.63, 3.8) is 0 Å². The molecule has 1 aliphatic carbocycles. The van der Waals surface area contributed by atoms with Crippen LogP contribution in [0.3, 0.4) is 0 Å². The molecule has 2 amide bonds. The van der Waals surface area contributed by atoms with Crippen LogP contribution in [0.1, 0.15) is 43.2 Å². The summed E-state index contributed by atoms with van der Waals surface area (Å²) in [5.41, 5.74) is 7.42. The Balaban J connectivity index is 1.37. The highest BCUT2D eigenvalue weighted by Crippen LogP contribution is 2.47. The van der Waals surface area contributed by atoms with Gasteiger partial charge < -0.3 is 15.5 Å². The number of fused-ring (bicyclic) bond motifs is 1. The molecule has 3 aliphatic rings. The standard InChI is InChI=1S/C23H25ClN4O2/c24-17-6-4-16(5-7-17)23(9-2-10-23)22(30)27-12-8-18-19(27)13-20(29)28(18)14-15-3-1-11-26-21(15)25/h1,3-7,11,18-19H,2,8-10,12-14H2,(H2,25,26)/t18-,19-/m0/s1. The summed E-state index contributed by atoms with van der Waals surface area (Å²) in [6.07, 6.45) is 5.59. The van der Waals surface area contributed by atoms with E-state index < -0.39 is 5.41 Å². The Morgan fingerprint density at radius 3 is 2.63 bits per heavy atom. The maximum atomic E-state index is 13.7. The SMILES string of the molecule is Nc1ncccc1CN1C(=O)C[C@H]2[C@@H]1CCN2C(=O)C1(c2ccc(Cl)cc2)CCC1. The van der Waals surface area contributed by atoms with Crippen molar-refractivity contribution in [2.75, 3.05) is 12.3 Å². The van der Waals surface area contributed by atoms with Gasteiger partial charge in [0.2, 0.25) is 11.8 Å². The molecule has 0 unspecified atom stereocenters. The molecule has 1 aromatic heterocycles. The second-order valence-corrected chi connectivity index (χ2v) is 9.07. The van der Waals surface area contributed by atoms with Gasteiger partial charge in [0.15, 0.2) is 0 Å². The van der Waals surface area contributed by atoms with E-state index in [1.807, 2.05) is 46.2 Å². The molecule has 0 radical (unpaired) electrons. The van der Waals surface area contributed by atoms with Crippen LogP contribution in [0.4, 0.5) is 5.82 Å². The van der Waals surface area contributed by atoms with Gasteiger partial charge in [0.1, 0.15) is 5.82 Å². The monoisotopic (exact) mass is 424 g/mol. The summed E-state index contributed by atoms with van der Waals surface area (Å²) >= 11 is 6.06. The van der Waals surface area contributed by atoms with Crippen LogP contribution in [0.2, 0.25) is 5.02 Å². The normalized spacial score (nSPS) is 24.6. The maximum absolute atomic E-state index is 13.7. The zero-order valence-corrected chi connectivity index (χ0v) is 17.5. The van der Waals surface area contributed by atoms with Crippen molar-refractivity contribution < 1.29 is 9.59 Å². The summed E-state index contributed by atoms with van der Waals surface area (Å²) in [7, 11) is 0. The summed E-state index contributed by atoms with van der Waals surface area (Å²) in [6.45, 7) is 1.14. The molecule has 3 heterocycles. The number of carbonyl (C=O) groups is 2. The smallest absolute Gasteiger partial charge is 0.233 e. The van der Waals surface area contributed by atoms with Crippen LogP contribution < -0.4 is 5.73 Å². The van der Waals surface area contributed by atoms with Gasteiger partial charge in [-0.15, -0.1) is 0 Å². The number of nitrogens with zero attached hydrogens (tertiary/aromatic N) is 3. The van der Waals surface area contributed by atoms with Gasteiger partial charge in [-0.1, -0.05) is 36.2 Å². The molecule has 6 nitrogen and oxygen atoms in total. The van der Waals surface area contributed by atoms with Crippen molar-refractivity contribution in [3.8, 4) is 0 Å². The van der Waals surface area contributed by atoms with E-state index >= 15 is 0 Å². The van der Waals surface area contributed by atoms with Crippen LogP contribution >= 0.6 is 11.6 Å². The first-order chi connectivity index (χ1) is 14.5. The molecule has 3 fully saturated rings. The summed E-state index contributed by atoms with van der Waals surface area (Å²) in [4.78, 5) is 34.6. The molecule has 1 aromatic carbocycles. The number of nitrogens with two attached hydrogens (primary N) is 1. The number of pyridine rings is 1. The number of carbonyl (C=O) groups excluding carboxylic acids is 2. The molecule has 0 bridgehead atoms. The van der Waals surface area contributed by atoms with Crippen LogP contribution in [0.5, 0.6) is 0 Å². The molecule has 0 spiro atoms. The molecule has 2 saturated heterocycles. The first-order valence-electron chi connectivity index (χ1n) is 10.6. The average molecular weight is 425 g/mol. The Kier molecular flexibility index (Phi) is 4.69. The van der Waals surface area contributed by atoms with E-state index in [4.69, 9.17) is 17.3 Å². The number of hydrogen-bond acceptors (Lipinski definition) is 4. The van der Waals surface area contributed by atoms with Gasteiger partial charge in [-0.05, 0) is 43.0 Å². The molecule has 7 heteroatoms. The molecule has 30 heavy (non-hydrogen) atoms. The number of likely N-dealkylation sites (tertiary alicyclic amines) is 2. The molecular formula is C23H25ClN4O2. The van der Waals surface area contributed by atoms with Gasteiger partial charge >= 0.3 is 0 Å². The number of aromatic nitrogens is 1. The van der Waals surface area contributed by atoms with Crippen molar-refractivity contribution in [2.45, 2.75) is 56.1 Å². The predicted octanol–water partition coefficient (Wildman–Crippen LogP) is 3.14. The summed E-state index contributed by atoms with van der Waals surface area (Å²) in [5, 5.41) is 0.675. The minimum Gasteiger partial charge on any atom is -0.383 e. The zero-order valence-electron chi connectivity index (χ0n) is 16.8. The number of amides is 2. The Morgan fingerprint density at radius 1 is 1.20 bits per heavy atom. The van der Waals surface area contributed by atoms with Crippen molar-refractivity contribution in [1.29, 1.82) is 0 Å². The van der Waals surface area contributed by atoms with Crippen molar-refractivity contribution in [2.24, 2.45) is 0 Å². The van der Waals surface area contributed by atoms with E-state index in [0.29, 0.717) is 30.4 Å². The first-order valence-corrected chi connectivity index (χ1v) is 10.9. The number of benzene rings is 1. The van der Waals surface area contributed by atoms with Crippen LogP contribution in [-0.4, -0.2) is 45.2 Å². The molecule has 1 saturated carbocycles. The highest BCUT2D eigenvalue weighted by atomic mass is 35.5. The summed E-state index contributed by atoms with van der Waals surface area (Å²) in [6, 6.07) is 11.4. The quantitative estimate of drug-likeness (QED) is 0.817. The van der Waals surface area contributed by atoms with Gasteiger partial charge in [0.25, 0.3) is 0 Å². The third-order valence-corrected chi connectivity index (χ3v) is 7.41. The van der Waals surface area contributed by atoms with Crippen LogP contribution in [0.15, 0.2) is 42.6 Å². The molecule has 2 aliphatic heterocycles. The fourth-order valence-corrected chi connectivity index (χ4v) is 5.48. The molecular weight excluding hydrogens is 400 g/mol. The fraction of sp³-hybridized carbons (Fsp3) is 0.435. The van der Waals surface area contributed by atoms with E-state index in [0.717, 1.165) is 36.8 Å². The van der Waals surface area contributed by atoms with Crippen LogP contribution in [0.25, 0.3) is 0 Å². The highest BCUT2D eigenvalue weighted by Gasteiger charge is 2.54. The number of rotatable bonds is 4. The van der Waals surface area contributed by atoms with Crippen molar-refractivity contribution in [3.05, 3.63) is 58.7 Å². The van der Waals surface area contributed by atoms with Crippen molar-refractivity contribution >= 4 is 29.2 Å². The minimum atomic E-state index is -0.469. The van der Waals surface area contributed by atoms with E-state index in [1.165, 1.54) is 0 Å². The van der Waals surface area contributed by atoms with Crippen LogP contribution in [-0.2, 0) is 21.5 Å². The highest BCUT2D eigenvalue weighted by molar-refractivity contribution is 6.30. The first kappa shape index (κ1) is 19.4. The van der Waals surface area contributed by atoms with Crippen molar-refractivity contribution in [1.82, 2.24) is 14.8 Å². The fourth-order valence-electron chi connectivity index (χ4n) is 5.35. The van der Waals surface area contributed by atoms with Gasteiger partial charge in [0, 0.05) is 36.3 Å². The lowest BCUT2D eigenvalue weighted by molar-refractivity contribution is -0.141. The zero-order chi connectivity index (χ0) is 20.9. The van der Waals surface area contributed by atoms with E-state index in [9.17, 15) is 9.59 Å². The number of halogens is 1. The largest absolute Gasteiger partial charge is 0.383 e. The third kappa shape index (κ3) is 2.97. The summed E-state index contributed by atoms with van der Waals surface area (Å²) in [5.74, 6) is 0.704. The number of nitrogen functional groups attached to an aromatic ring is 1. The van der Waals surface area contributed by atoms with Gasteiger partial charge in [-0.2, -0.15) is 0 Å². The van der Waals surface area contributed by atoms with Crippen LogP contribution in [0, 0.1) is 0 Å². The Labute approximate surface area is 181 Å². The van der Waals surface area contributed by atoms with E-state index in [2.05, 4.69) is 4.98 Å². The maximum Gasteiger partial charge on any atom is 0.233 e. The second kappa shape index (κ2) is 7.27. The molecule has 5 rings (SSSR count). The minimum absolute atomic E-state index is 0.0448. The number of anilines is 1. The van der Waals surface area contributed by atoms with E-state index in [1.54, 1.807) is 6.20 Å². The van der Waals surface area contributed by atoms with Gasteiger partial charge in [0.05, 0.1) is 17.5 Å². The van der Waals surface area contributed by atoms with Gasteiger partial charge in [-0.3, -0.25) is 9.59 Å². The third-order valence-electron chi connectivity index (χ3n) is 7.16. The summed E-state index contributed by atoms with van der Waals surface area (Å²) < 4.78 is 0. The lowest BCUT2D eigenvalue weighted by atomic mass is 9.63. The predicted molar refractivity (Wildman–Crippen MR) is 115 cm³/mol. The average Bonchev–Trinajstić information content (AvgIpc) is 3.23.